The van der Waals surface area contributed by atoms with Crippen LogP contribution in [0.15, 0.2) is 22.0 Å². The molecule has 1 saturated heterocycles. The molecule has 0 unspecified atom stereocenters. The van der Waals surface area contributed by atoms with E-state index in [9.17, 15) is 14.4 Å². The van der Waals surface area contributed by atoms with Crippen LogP contribution in [-0.4, -0.2) is 34.0 Å². The van der Waals surface area contributed by atoms with Crippen molar-refractivity contribution >= 4 is 29.2 Å². The van der Waals surface area contributed by atoms with Crippen molar-refractivity contribution < 1.29 is 18.9 Å². The van der Waals surface area contributed by atoms with E-state index in [1.54, 1.807) is 11.3 Å². The summed E-state index contributed by atoms with van der Waals surface area (Å²) in [4.78, 5) is 39.4. The third-order valence-electron chi connectivity index (χ3n) is 3.38. The third kappa shape index (κ3) is 4.16. The summed E-state index contributed by atoms with van der Waals surface area (Å²) in [5, 5.41) is 13.0. The second-order valence-electron chi connectivity index (χ2n) is 5.19. The highest BCUT2D eigenvalue weighted by Crippen LogP contribution is 2.13. The van der Waals surface area contributed by atoms with E-state index in [2.05, 4.69) is 26.1 Å². The topological polar surface area (TPSA) is 126 Å². The Hall–Kier alpha value is -2.75. The Labute approximate surface area is 140 Å². The van der Waals surface area contributed by atoms with Gasteiger partial charge < -0.3 is 15.2 Å². The Kier molecular flexibility index (Phi) is 4.85. The maximum Gasteiger partial charge on any atom is 0.322 e. The standard InChI is InChI=1S/C14H15N5O4S/c20-11(4-3-9-13(21)18-14(22)16-9)15-7-10-17-12(23-19-10)6-8-2-1-5-24-8/h1-2,5,9H,3-4,6-7H2,(H,15,20)(H2,16,18,21,22)/t9-/m0/s1. The maximum absolute atomic E-state index is 11.8. The van der Waals surface area contributed by atoms with Gasteiger partial charge in [0.05, 0.1) is 13.0 Å². The highest BCUT2D eigenvalue weighted by Gasteiger charge is 2.29. The zero-order valence-electron chi connectivity index (χ0n) is 12.6. The van der Waals surface area contributed by atoms with Crippen LogP contribution in [0.5, 0.6) is 0 Å². The zero-order valence-corrected chi connectivity index (χ0v) is 13.4. The fourth-order valence-corrected chi connectivity index (χ4v) is 2.90. The van der Waals surface area contributed by atoms with E-state index in [1.807, 2.05) is 17.5 Å². The molecule has 1 fully saturated rings. The summed E-state index contributed by atoms with van der Waals surface area (Å²) in [5.41, 5.74) is 0. The number of hydrogen-bond donors (Lipinski definition) is 3. The van der Waals surface area contributed by atoms with Gasteiger partial charge in [0.1, 0.15) is 6.04 Å². The lowest BCUT2D eigenvalue weighted by Gasteiger charge is -2.06. The molecule has 1 aliphatic heterocycles. The lowest BCUT2D eigenvalue weighted by atomic mass is 10.1. The molecule has 126 valence electrons. The van der Waals surface area contributed by atoms with Crippen LogP contribution in [0.3, 0.4) is 0 Å². The molecule has 0 aliphatic carbocycles. The van der Waals surface area contributed by atoms with Crippen molar-refractivity contribution in [2.45, 2.75) is 31.8 Å². The summed E-state index contributed by atoms with van der Waals surface area (Å²) in [6.07, 6.45) is 0.909. The normalized spacial score (nSPS) is 16.8. The second kappa shape index (κ2) is 7.21. The number of carbonyl (C=O) groups excluding carboxylic acids is 3. The molecule has 0 spiro atoms. The molecule has 3 rings (SSSR count). The Morgan fingerprint density at radius 1 is 1.42 bits per heavy atom. The predicted molar refractivity (Wildman–Crippen MR) is 83.0 cm³/mol. The fraction of sp³-hybridized carbons (Fsp3) is 0.357. The van der Waals surface area contributed by atoms with Crippen LogP contribution < -0.4 is 16.0 Å². The number of urea groups is 1. The smallest absolute Gasteiger partial charge is 0.322 e. The molecule has 0 saturated carbocycles. The van der Waals surface area contributed by atoms with Crippen LogP contribution in [0.25, 0.3) is 0 Å². The summed E-state index contributed by atoms with van der Waals surface area (Å²) in [7, 11) is 0. The SMILES string of the molecule is O=C(CC[C@@H]1NC(=O)NC1=O)NCc1noc(Cc2cccs2)n1. The molecule has 1 atom stereocenters. The lowest BCUT2D eigenvalue weighted by Crippen LogP contribution is -2.31. The van der Waals surface area contributed by atoms with E-state index in [-0.39, 0.29) is 25.3 Å². The molecule has 3 heterocycles. The molecule has 9 nitrogen and oxygen atoms in total. The first-order valence-electron chi connectivity index (χ1n) is 7.32. The third-order valence-corrected chi connectivity index (χ3v) is 4.25. The van der Waals surface area contributed by atoms with Crippen LogP contribution >= 0.6 is 11.3 Å². The number of nitrogens with one attached hydrogen (secondary N) is 3. The molecule has 10 heteroatoms. The molecule has 4 amide bonds. The van der Waals surface area contributed by atoms with Gasteiger partial charge in [-0.15, -0.1) is 11.3 Å². The molecule has 3 N–H and O–H groups in total. The summed E-state index contributed by atoms with van der Waals surface area (Å²) in [6.45, 7) is 0.149. The van der Waals surface area contributed by atoms with Gasteiger partial charge in [0.15, 0.2) is 5.82 Å². The lowest BCUT2D eigenvalue weighted by molar-refractivity contribution is -0.122. The van der Waals surface area contributed by atoms with Gasteiger partial charge in [0.2, 0.25) is 11.8 Å². The molecule has 0 radical (unpaired) electrons. The average molecular weight is 349 g/mol. The number of rotatable bonds is 7. The number of thiophene rings is 1. The second-order valence-corrected chi connectivity index (χ2v) is 6.22. The van der Waals surface area contributed by atoms with E-state index < -0.39 is 18.0 Å². The first-order chi connectivity index (χ1) is 11.6. The molecular weight excluding hydrogens is 334 g/mol. The highest BCUT2D eigenvalue weighted by atomic mass is 32.1. The van der Waals surface area contributed by atoms with Crippen LogP contribution in [0.1, 0.15) is 29.4 Å². The Morgan fingerprint density at radius 2 is 2.29 bits per heavy atom. The van der Waals surface area contributed by atoms with Gasteiger partial charge in [0, 0.05) is 11.3 Å². The molecular formula is C14H15N5O4S. The van der Waals surface area contributed by atoms with Crippen LogP contribution in [0.4, 0.5) is 4.79 Å². The van der Waals surface area contributed by atoms with Crippen LogP contribution in [0, 0.1) is 0 Å². The number of nitrogens with zero attached hydrogens (tertiary/aromatic N) is 2. The Morgan fingerprint density at radius 3 is 3.00 bits per heavy atom. The van der Waals surface area contributed by atoms with E-state index in [0.29, 0.717) is 18.1 Å². The average Bonchev–Trinajstić information content (AvgIpc) is 3.26. The van der Waals surface area contributed by atoms with Gasteiger partial charge in [0.25, 0.3) is 5.91 Å². The summed E-state index contributed by atoms with van der Waals surface area (Å²) in [5.74, 6) is 0.214. The van der Waals surface area contributed by atoms with Crippen LogP contribution in [-0.2, 0) is 22.6 Å². The monoisotopic (exact) mass is 349 g/mol. The minimum Gasteiger partial charge on any atom is -0.349 e. The zero-order chi connectivity index (χ0) is 16.9. The molecule has 1 aliphatic rings. The Balaban J connectivity index is 1.41. The Bertz CT molecular complexity index is 742. The van der Waals surface area contributed by atoms with Crippen molar-refractivity contribution in [2.75, 3.05) is 0 Å². The van der Waals surface area contributed by atoms with E-state index >= 15 is 0 Å². The summed E-state index contributed by atoms with van der Waals surface area (Å²) < 4.78 is 5.13. The van der Waals surface area contributed by atoms with Crippen molar-refractivity contribution in [3.8, 4) is 0 Å². The molecule has 0 bridgehead atoms. The van der Waals surface area contributed by atoms with E-state index in [1.165, 1.54) is 0 Å². The number of imide groups is 1. The number of carbonyl (C=O) groups is 3. The van der Waals surface area contributed by atoms with Gasteiger partial charge >= 0.3 is 6.03 Å². The molecule has 2 aromatic rings. The summed E-state index contributed by atoms with van der Waals surface area (Å²) >= 11 is 1.60. The highest BCUT2D eigenvalue weighted by molar-refractivity contribution is 7.09. The minimum atomic E-state index is -0.661. The van der Waals surface area contributed by atoms with Gasteiger partial charge in [-0.1, -0.05) is 11.2 Å². The predicted octanol–water partition coefficient (Wildman–Crippen LogP) is 0.326. The van der Waals surface area contributed by atoms with Gasteiger partial charge in [-0.2, -0.15) is 4.98 Å². The van der Waals surface area contributed by atoms with Crippen molar-refractivity contribution in [2.24, 2.45) is 0 Å². The van der Waals surface area contributed by atoms with Crippen molar-refractivity contribution in [3.05, 3.63) is 34.1 Å². The maximum atomic E-state index is 11.8. The number of hydrogen-bond acceptors (Lipinski definition) is 7. The first-order valence-corrected chi connectivity index (χ1v) is 8.20. The molecule has 2 aromatic heterocycles. The first kappa shape index (κ1) is 16.1. The van der Waals surface area contributed by atoms with Gasteiger partial charge in [-0.25, -0.2) is 4.79 Å². The molecule has 0 aromatic carbocycles. The van der Waals surface area contributed by atoms with Crippen molar-refractivity contribution in [1.82, 2.24) is 26.1 Å². The number of amides is 4. The summed E-state index contributed by atoms with van der Waals surface area (Å²) in [6, 6.07) is 2.74. The van der Waals surface area contributed by atoms with Crippen molar-refractivity contribution in [1.29, 1.82) is 0 Å². The van der Waals surface area contributed by atoms with Crippen molar-refractivity contribution in [3.63, 3.8) is 0 Å². The fourth-order valence-electron chi connectivity index (χ4n) is 2.20. The quantitative estimate of drug-likeness (QED) is 0.618. The largest absolute Gasteiger partial charge is 0.349 e. The van der Waals surface area contributed by atoms with Gasteiger partial charge in [-0.3, -0.25) is 14.9 Å². The molecule has 24 heavy (non-hydrogen) atoms. The minimum absolute atomic E-state index is 0.109. The van der Waals surface area contributed by atoms with E-state index in [0.717, 1.165) is 4.88 Å². The van der Waals surface area contributed by atoms with Crippen LogP contribution in [0.2, 0.25) is 0 Å². The van der Waals surface area contributed by atoms with Gasteiger partial charge in [-0.05, 0) is 17.9 Å². The number of aromatic nitrogens is 2. The van der Waals surface area contributed by atoms with E-state index in [4.69, 9.17) is 4.52 Å².